The van der Waals surface area contributed by atoms with Crippen molar-refractivity contribution >= 4 is 28.5 Å². The lowest BCUT2D eigenvalue weighted by Gasteiger charge is -2.30. The number of carbonyl (C=O) groups excluding carboxylic acids is 1. The number of aryl methyl sites for hydroxylation is 1. The number of terminal acetylenes is 1. The standard InChI is InChI=1S/C26H26N4O5/c1-3-11-30(17-8-5-15(6-9-17)24(32)28-20(4-2)26(34)35)22-10-7-16-12-21-19(13-18(16)22)25(33)29-23(14-31)27-21/h1,5-6,8-9,12-13,20,22,31H,4,7,10-11,14H2,2H3,(H,28,32)(H,34,35)(H,27,29,33)/t20?,22-/m0/s1. The number of hydrogen-bond acceptors (Lipinski definition) is 6. The maximum absolute atomic E-state index is 12.5. The smallest absolute Gasteiger partial charge is 0.326 e. The number of aliphatic hydroxyl groups is 1. The lowest BCUT2D eigenvalue weighted by molar-refractivity contribution is -0.139. The molecule has 0 fully saturated rings. The van der Waals surface area contributed by atoms with Crippen molar-refractivity contribution in [2.24, 2.45) is 0 Å². The summed E-state index contributed by atoms with van der Waals surface area (Å²) in [5.41, 5.74) is 3.46. The molecule has 0 spiro atoms. The van der Waals surface area contributed by atoms with Gasteiger partial charge in [-0.1, -0.05) is 12.8 Å². The number of carbonyl (C=O) groups is 2. The van der Waals surface area contributed by atoms with Gasteiger partial charge in [0, 0.05) is 11.3 Å². The molecule has 1 heterocycles. The van der Waals surface area contributed by atoms with E-state index in [-0.39, 0.29) is 30.5 Å². The number of H-pyrrole nitrogens is 1. The second-order valence-electron chi connectivity index (χ2n) is 8.44. The lowest BCUT2D eigenvalue weighted by atomic mass is 10.0. The summed E-state index contributed by atoms with van der Waals surface area (Å²) in [5.74, 6) is 1.39. The molecular weight excluding hydrogens is 448 g/mol. The molecule has 180 valence electrons. The molecule has 9 heteroatoms. The maximum atomic E-state index is 12.5. The van der Waals surface area contributed by atoms with E-state index in [0.717, 1.165) is 29.7 Å². The van der Waals surface area contributed by atoms with Crippen molar-refractivity contribution in [2.45, 2.75) is 44.9 Å². The van der Waals surface area contributed by atoms with Crippen molar-refractivity contribution in [2.75, 3.05) is 11.4 Å². The Morgan fingerprint density at radius 2 is 2.06 bits per heavy atom. The number of carboxylic acid groups (broad SMARTS) is 1. The third kappa shape index (κ3) is 4.74. The minimum absolute atomic E-state index is 0.0708. The fourth-order valence-corrected chi connectivity index (χ4v) is 4.53. The summed E-state index contributed by atoms with van der Waals surface area (Å²) in [5, 5.41) is 21.5. The largest absolute Gasteiger partial charge is 0.480 e. The van der Waals surface area contributed by atoms with E-state index in [0.29, 0.717) is 23.0 Å². The molecule has 1 unspecified atom stereocenters. The first-order valence-electron chi connectivity index (χ1n) is 11.4. The Morgan fingerprint density at radius 1 is 1.31 bits per heavy atom. The number of aromatic nitrogens is 2. The second kappa shape index (κ2) is 9.99. The Hall–Kier alpha value is -4.16. The molecule has 0 radical (unpaired) electrons. The molecule has 4 N–H and O–H groups in total. The Morgan fingerprint density at radius 3 is 2.69 bits per heavy atom. The first-order chi connectivity index (χ1) is 16.9. The monoisotopic (exact) mass is 474 g/mol. The van der Waals surface area contributed by atoms with Crippen LogP contribution in [0.15, 0.2) is 41.2 Å². The Bertz CT molecular complexity index is 1370. The zero-order valence-corrected chi connectivity index (χ0v) is 19.2. The van der Waals surface area contributed by atoms with Crippen LogP contribution in [-0.2, 0) is 17.8 Å². The number of hydrogen-bond donors (Lipinski definition) is 4. The van der Waals surface area contributed by atoms with Gasteiger partial charge in [0.05, 0.1) is 23.5 Å². The fraction of sp³-hybridized carbons (Fsp3) is 0.308. The molecule has 9 nitrogen and oxygen atoms in total. The van der Waals surface area contributed by atoms with Gasteiger partial charge in [-0.3, -0.25) is 9.59 Å². The van der Waals surface area contributed by atoms with Crippen LogP contribution < -0.4 is 15.8 Å². The minimum Gasteiger partial charge on any atom is -0.480 e. The van der Waals surface area contributed by atoms with E-state index >= 15 is 0 Å². The van der Waals surface area contributed by atoms with E-state index in [1.807, 2.05) is 12.1 Å². The number of aliphatic hydroxyl groups excluding tert-OH is 1. The maximum Gasteiger partial charge on any atom is 0.326 e. The molecule has 0 saturated carbocycles. The van der Waals surface area contributed by atoms with E-state index < -0.39 is 17.9 Å². The fourth-order valence-electron chi connectivity index (χ4n) is 4.53. The number of aliphatic carboxylic acids is 1. The van der Waals surface area contributed by atoms with Crippen LogP contribution in [0.1, 0.15) is 53.1 Å². The molecule has 3 aromatic rings. The highest BCUT2D eigenvalue weighted by molar-refractivity contribution is 5.96. The number of rotatable bonds is 8. The van der Waals surface area contributed by atoms with Gasteiger partial charge >= 0.3 is 5.97 Å². The van der Waals surface area contributed by atoms with Gasteiger partial charge in [-0.2, -0.15) is 0 Å². The summed E-state index contributed by atoms with van der Waals surface area (Å²) in [6.07, 6.45) is 7.53. The van der Waals surface area contributed by atoms with E-state index in [1.54, 1.807) is 31.2 Å². The molecule has 2 aromatic carbocycles. The summed E-state index contributed by atoms with van der Waals surface area (Å²) in [6.45, 7) is 1.67. The molecule has 1 amide bonds. The topological polar surface area (TPSA) is 136 Å². The molecule has 2 atom stereocenters. The predicted molar refractivity (Wildman–Crippen MR) is 131 cm³/mol. The van der Waals surface area contributed by atoms with Crippen molar-refractivity contribution in [1.29, 1.82) is 0 Å². The van der Waals surface area contributed by atoms with Gasteiger partial charge in [-0.25, -0.2) is 9.78 Å². The lowest BCUT2D eigenvalue weighted by Crippen LogP contribution is -2.40. The summed E-state index contributed by atoms with van der Waals surface area (Å²) in [7, 11) is 0. The molecule has 0 saturated heterocycles. The summed E-state index contributed by atoms with van der Waals surface area (Å²) < 4.78 is 0. The van der Waals surface area contributed by atoms with Crippen LogP contribution in [0.2, 0.25) is 0 Å². The third-order valence-electron chi connectivity index (χ3n) is 6.32. The van der Waals surface area contributed by atoms with Gasteiger partial charge in [0.25, 0.3) is 11.5 Å². The van der Waals surface area contributed by atoms with Crippen LogP contribution in [0.25, 0.3) is 10.9 Å². The Kier molecular flexibility index (Phi) is 6.85. The summed E-state index contributed by atoms with van der Waals surface area (Å²) in [4.78, 5) is 45.2. The van der Waals surface area contributed by atoms with Gasteiger partial charge in [0.1, 0.15) is 18.5 Å². The molecule has 0 bridgehead atoms. The number of aromatic amines is 1. The quantitative estimate of drug-likeness (QED) is 0.367. The SMILES string of the molecule is C#CCN(c1ccc(C(=O)NC(CC)C(=O)O)cc1)[C@H]1CCc2cc3nc(CO)[nH]c(=O)c3cc21. The van der Waals surface area contributed by atoms with E-state index in [2.05, 4.69) is 26.1 Å². The van der Waals surface area contributed by atoms with Crippen LogP contribution in [0, 0.1) is 12.3 Å². The van der Waals surface area contributed by atoms with Gasteiger partial charge in [0.2, 0.25) is 0 Å². The van der Waals surface area contributed by atoms with Crippen molar-refractivity contribution in [3.8, 4) is 12.3 Å². The van der Waals surface area contributed by atoms with Gasteiger partial charge in [0.15, 0.2) is 0 Å². The number of benzene rings is 2. The summed E-state index contributed by atoms with van der Waals surface area (Å²) in [6, 6.07) is 9.58. The highest BCUT2D eigenvalue weighted by Gasteiger charge is 2.29. The number of carboxylic acids is 1. The van der Waals surface area contributed by atoms with Crippen molar-refractivity contribution < 1.29 is 19.8 Å². The van der Waals surface area contributed by atoms with E-state index in [9.17, 15) is 24.6 Å². The molecule has 1 aliphatic carbocycles. The van der Waals surface area contributed by atoms with Crippen LogP contribution >= 0.6 is 0 Å². The van der Waals surface area contributed by atoms with Crippen LogP contribution in [0.3, 0.4) is 0 Å². The number of nitrogens with zero attached hydrogens (tertiary/aromatic N) is 2. The van der Waals surface area contributed by atoms with Gasteiger partial charge in [-0.05, 0) is 66.8 Å². The first-order valence-corrected chi connectivity index (χ1v) is 11.4. The first kappa shape index (κ1) is 24.0. The van der Waals surface area contributed by atoms with Gasteiger partial charge in [-0.15, -0.1) is 6.42 Å². The average Bonchev–Trinajstić information content (AvgIpc) is 3.26. The third-order valence-corrected chi connectivity index (χ3v) is 6.32. The minimum atomic E-state index is -1.08. The second-order valence-corrected chi connectivity index (χ2v) is 8.44. The zero-order valence-electron chi connectivity index (χ0n) is 19.2. The van der Waals surface area contributed by atoms with E-state index in [4.69, 9.17) is 6.42 Å². The predicted octanol–water partition coefficient (Wildman–Crippen LogP) is 2.14. The average molecular weight is 475 g/mol. The van der Waals surface area contributed by atoms with Crippen molar-refractivity contribution in [3.63, 3.8) is 0 Å². The van der Waals surface area contributed by atoms with Crippen LogP contribution in [-0.4, -0.2) is 44.6 Å². The van der Waals surface area contributed by atoms with Crippen LogP contribution in [0.5, 0.6) is 0 Å². The molecule has 1 aliphatic rings. The number of nitrogens with one attached hydrogen (secondary N) is 2. The Balaban J connectivity index is 1.64. The van der Waals surface area contributed by atoms with Crippen molar-refractivity contribution in [1.82, 2.24) is 15.3 Å². The number of anilines is 1. The summed E-state index contributed by atoms with van der Waals surface area (Å²) >= 11 is 0. The highest BCUT2D eigenvalue weighted by atomic mass is 16.4. The number of fused-ring (bicyclic) bond motifs is 2. The van der Waals surface area contributed by atoms with E-state index in [1.165, 1.54) is 0 Å². The van der Waals surface area contributed by atoms with Crippen molar-refractivity contribution in [3.05, 3.63) is 69.3 Å². The van der Waals surface area contributed by atoms with Gasteiger partial charge < -0.3 is 25.4 Å². The molecular formula is C26H26N4O5. The Labute approximate surface area is 201 Å². The number of amides is 1. The molecule has 35 heavy (non-hydrogen) atoms. The highest BCUT2D eigenvalue weighted by Crippen LogP contribution is 2.39. The molecule has 0 aliphatic heterocycles. The normalized spacial score (nSPS) is 15.3. The molecule has 4 rings (SSSR count). The van der Waals surface area contributed by atoms with Crippen LogP contribution in [0.4, 0.5) is 5.69 Å². The molecule has 1 aromatic heterocycles. The zero-order chi connectivity index (χ0) is 25.1.